The number of hydrogen-bond acceptors (Lipinski definition) is 4. The molecule has 94 valence electrons. The van der Waals surface area contributed by atoms with Crippen LogP contribution in [-0.2, 0) is 0 Å². The molecule has 0 aliphatic carbocycles. The number of nitriles is 1. The van der Waals surface area contributed by atoms with Crippen molar-refractivity contribution < 1.29 is 14.0 Å². The quantitative estimate of drug-likeness (QED) is 0.620. The zero-order valence-corrected chi connectivity index (χ0v) is 10.3. The Morgan fingerprint density at radius 3 is 2.68 bits per heavy atom. The Kier molecular flexibility index (Phi) is 3.58. The van der Waals surface area contributed by atoms with Crippen molar-refractivity contribution in [2.24, 2.45) is 0 Å². The van der Waals surface area contributed by atoms with Gasteiger partial charge in [-0.3, -0.25) is 9.59 Å². The number of ketones is 2. The zero-order valence-electron chi connectivity index (χ0n) is 10.3. The van der Waals surface area contributed by atoms with E-state index < -0.39 is 0 Å². The highest BCUT2D eigenvalue weighted by Crippen LogP contribution is 2.14. The first-order valence-corrected chi connectivity index (χ1v) is 5.72. The van der Waals surface area contributed by atoms with E-state index in [1.807, 2.05) is 6.07 Å². The lowest BCUT2D eigenvalue weighted by Crippen LogP contribution is -2.09. The van der Waals surface area contributed by atoms with E-state index in [-0.39, 0.29) is 18.0 Å². The van der Waals surface area contributed by atoms with Gasteiger partial charge in [0.1, 0.15) is 5.76 Å². The number of nitrogens with zero attached hydrogens (tertiary/aromatic N) is 1. The SMILES string of the molecule is Cc1occc1C(=O)CC(=O)c1cccc(C#N)c1. The molecule has 0 aliphatic heterocycles. The van der Waals surface area contributed by atoms with Crippen LogP contribution in [0.1, 0.15) is 38.5 Å². The van der Waals surface area contributed by atoms with Crippen LogP contribution in [0.3, 0.4) is 0 Å². The molecule has 0 saturated carbocycles. The van der Waals surface area contributed by atoms with E-state index in [1.54, 1.807) is 31.2 Å². The molecule has 0 fully saturated rings. The Hall–Kier alpha value is -2.67. The third kappa shape index (κ3) is 2.78. The van der Waals surface area contributed by atoms with Crippen molar-refractivity contribution in [1.82, 2.24) is 0 Å². The molecule has 1 aromatic heterocycles. The van der Waals surface area contributed by atoms with Gasteiger partial charge < -0.3 is 4.42 Å². The van der Waals surface area contributed by atoms with E-state index in [0.29, 0.717) is 22.5 Å². The molecular weight excluding hydrogens is 242 g/mol. The van der Waals surface area contributed by atoms with Crippen LogP contribution < -0.4 is 0 Å². The fraction of sp³-hybridized carbons (Fsp3) is 0.133. The highest BCUT2D eigenvalue weighted by Gasteiger charge is 2.17. The number of carbonyl (C=O) groups excluding carboxylic acids is 2. The molecule has 0 unspecified atom stereocenters. The van der Waals surface area contributed by atoms with Gasteiger partial charge in [0.05, 0.1) is 29.9 Å². The molecule has 4 nitrogen and oxygen atoms in total. The molecule has 2 rings (SSSR count). The van der Waals surface area contributed by atoms with E-state index >= 15 is 0 Å². The first kappa shape index (κ1) is 12.8. The standard InChI is InChI=1S/C15H11NO3/c1-10-13(5-6-19-10)15(18)8-14(17)12-4-2-3-11(7-12)9-16/h2-7H,8H2,1H3. The van der Waals surface area contributed by atoms with Crippen LogP contribution in [0.25, 0.3) is 0 Å². The molecular formula is C15H11NO3. The second-order valence-corrected chi connectivity index (χ2v) is 4.11. The number of rotatable bonds is 4. The van der Waals surface area contributed by atoms with Gasteiger partial charge in [0.25, 0.3) is 0 Å². The van der Waals surface area contributed by atoms with E-state index in [4.69, 9.17) is 9.68 Å². The number of Topliss-reactive ketones (excluding diaryl/α,β-unsaturated/α-hetero) is 2. The minimum Gasteiger partial charge on any atom is -0.469 e. The molecule has 1 heterocycles. The van der Waals surface area contributed by atoms with E-state index in [0.717, 1.165) is 0 Å². The monoisotopic (exact) mass is 253 g/mol. The van der Waals surface area contributed by atoms with Gasteiger partial charge in [0, 0.05) is 5.56 Å². The summed E-state index contributed by atoms with van der Waals surface area (Å²) in [7, 11) is 0. The number of carbonyl (C=O) groups is 2. The smallest absolute Gasteiger partial charge is 0.174 e. The van der Waals surface area contributed by atoms with Gasteiger partial charge in [0.15, 0.2) is 11.6 Å². The van der Waals surface area contributed by atoms with E-state index in [2.05, 4.69) is 0 Å². The summed E-state index contributed by atoms with van der Waals surface area (Å²) in [6, 6.07) is 9.83. The number of furan rings is 1. The third-order valence-electron chi connectivity index (χ3n) is 2.79. The molecule has 0 N–H and O–H groups in total. The number of aryl methyl sites for hydroxylation is 1. The van der Waals surface area contributed by atoms with Crippen molar-refractivity contribution in [2.75, 3.05) is 0 Å². The zero-order chi connectivity index (χ0) is 13.8. The van der Waals surface area contributed by atoms with Crippen LogP contribution in [0.2, 0.25) is 0 Å². The summed E-state index contributed by atoms with van der Waals surface area (Å²) in [6.07, 6.45) is 1.19. The van der Waals surface area contributed by atoms with E-state index in [1.165, 1.54) is 12.3 Å². The van der Waals surface area contributed by atoms with Gasteiger partial charge in [-0.25, -0.2) is 0 Å². The second kappa shape index (κ2) is 5.32. The van der Waals surface area contributed by atoms with Gasteiger partial charge in [-0.1, -0.05) is 12.1 Å². The molecule has 4 heteroatoms. The minimum atomic E-state index is -0.303. The molecule has 0 aliphatic rings. The first-order valence-electron chi connectivity index (χ1n) is 5.72. The lowest BCUT2D eigenvalue weighted by atomic mass is 10.0. The van der Waals surface area contributed by atoms with Crippen LogP contribution in [0.15, 0.2) is 41.0 Å². The number of benzene rings is 1. The Bertz CT molecular complexity index is 677. The van der Waals surface area contributed by atoms with Gasteiger partial charge in [0.2, 0.25) is 0 Å². The predicted octanol–water partition coefficient (Wildman–Crippen LogP) is 2.92. The molecule has 0 amide bonds. The minimum absolute atomic E-state index is 0.227. The summed E-state index contributed by atoms with van der Waals surface area (Å²) < 4.78 is 5.03. The van der Waals surface area contributed by atoms with Gasteiger partial charge >= 0.3 is 0 Å². The van der Waals surface area contributed by atoms with Crippen molar-refractivity contribution in [3.05, 3.63) is 59.0 Å². The lowest BCUT2D eigenvalue weighted by Gasteiger charge is -2.01. The van der Waals surface area contributed by atoms with Gasteiger partial charge in [-0.15, -0.1) is 0 Å². The van der Waals surface area contributed by atoms with Gasteiger partial charge in [-0.2, -0.15) is 5.26 Å². The Morgan fingerprint density at radius 2 is 2.05 bits per heavy atom. The maximum Gasteiger partial charge on any atom is 0.174 e. The summed E-state index contributed by atoms with van der Waals surface area (Å²) in [5.41, 5.74) is 1.19. The molecule has 0 spiro atoms. The second-order valence-electron chi connectivity index (χ2n) is 4.11. The van der Waals surface area contributed by atoms with Crippen LogP contribution in [0.5, 0.6) is 0 Å². The maximum absolute atomic E-state index is 12.0. The average Bonchev–Trinajstić information content (AvgIpc) is 2.85. The van der Waals surface area contributed by atoms with Crippen LogP contribution in [0, 0.1) is 18.3 Å². The molecule has 2 aromatic rings. The van der Waals surface area contributed by atoms with Crippen molar-refractivity contribution in [1.29, 1.82) is 5.26 Å². The van der Waals surface area contributed by atoms with Crippen LogP contribution in [-0.4, -0.2) is 11.6 Å². The van der Waals surface area contributed by atoms with Crippen molar-refractivity contribution in [3.8, 4) is 6.07 Å². The Labute approximate surface area is 110 Å². The largest absolute Gasteiger partial charge is 0.469 e. The maximum atomic E-state index is 12.0. The predicted molar refractivity (Wildman–Crippen MR) is 67.9 cm³/mol. The fourth-order valence-corrected chi connectivity index (χ4v) is 1.78. The summed E-state index contributed by atoms with van der Waals surface area (Å²) in [5, 5.41) is 8.77. The molecule has 1 aromatic carbocycles. The normalized spacial score (nSPS) is 9.89. The van der Waals surface area contributed by atoms with Crippen molar-refractivity contribution >= 4 is 11.6 Å². The van der Waals surface area contributed by atoms with Gasteiger partial charge in [-0.05, 0) is 25.1 Å². The number of hydrogen-bond donors (Lipinski definition) is 0. The first-order chi connectivity index (χ1) is 9.11. The molecule has 19 heavy (non-hydrogen) atoms. The van der Waals surface area contributed by atoms with Crippen molar-refractivity contribution in [2.45, 2.75) is 13.3 Å². The average molecular weight is 253 g/mol. The summed E-state index contributed by atoms with van der Waals surface area (Å²) in [6.45, 7) is 1.67. The summed E-state index contributed by atoms with van der Waals surface area (Å²) in [5.74, 6) is -0.0788. The molecule has 0 atom stereocenters. The Morgan fingerprint density at radius 1 is 1.26 bits per heavy atom. The topological polar surface area (TPSA) is 71.1 Å². The molecule has 0 saturated heterocycles. The third-order valence-corrected chi connectivity index (χ3v) is 2.79. The van der Waals surface area contributed by atoms with E-state index in [9.17, 15) is 9.59 Å². The summed E-state index contributed by atoms with van der Waals surface area (Å²) >= 11 is 0. The molecule has 0 radical (unpaired) electrons. The summed E-state index contributed by atoms with van der Waals surface area (Å²) in [4.78, 5) is 23.9. The fourth-order valence-electron chi connectivity index (χ4n) is 1.78. The van der Waals surface area contributed by atoms with Crippen LogP contribution in [0.4, 0.5) is 0 Å². The van der Waals surface area contributed by atoms with Crippen LogP contribution >= 0.6 is 0 Å². The molecule has 0 bridgehead atoms. The Balaban J connectivity index is 2.16. The van der Waals surface area contributed by atoms with Crippen molar-refractivity contribution in [3.63, 3.8) is 0 Å². The lowest BCUT2D eigenvalue weighted by molar-refractivity contribution is 0.0893. The highest BCUT2D eigenvalue weighted by atomic mass is 16.3. The highest BCUT2D eigenvalue weighted by molar-refractivity contribution is 6.13.